The van der Waals surface area contributed by atoms with Crippen LogP contribution in [0.25, 0.3) is 11.1 Å². The topological polar surface area (TPSA) is 103 Å². The average Bonchev–Trinajstić information content (AvgIpc) is 3.22. The zero-order chi connectivity index (χ0) is 37.5. The van der Waals surface area contributed by atoms with E-state index < -0.39 is 11.9 Å². The molecule has 5 aromatic rings. The first kappa shape index (κ1) is 37.8. The number of hydrogen-bond acceptors (Lipinski definition) is 6. The molecular formula is C45H48ClN3O5. The predicted octanol–water partition coefficient (Wildman–Crippen LogP) is 8.27. The molecule has 2 heterocycles. The summed E-state index contributed by atoms with van der Waals surface area (Å²) in [6, 6.07) is 41.6. The number of rotatable bonds is 11. The molecule has 0 radical (unpaired) electrons. The van der Waals surface area contributed by atoms with Gasteiger partial charge in [0, 0.05) is 49.2 Å². The summed E-state index contributed by atoms with van der Waals surface area (Å²) in [6.07, 6.45) is 0.334. The molecule has 2 aliphatic rings. The van der Waals surface area contributed by atoms with Crippen molar-refractivity contribution in [2.75, 3.05) is 19.6 Å². The van der Waals surface area contributed by atoms with Crippen LogP contribution in [0.2, 0.25) is 5.02 Å². The number of piperidine rings is 1. The highest BCUT2D eigenvalue weighted by Crippen LogP contribution is 2.43. The van der Waals surface area contributed by atoms with Crippen LogP contribution in [0.4, 0.5) is 4.79 Å². The molecule has 0 spiro atoms. The second-order valence-electron chi connectivity index (χ2n) is 14.5. The van der Waals surface area contributed by atoms with E-state index in [1.165, 1.54) is 0 Å². The van der Waals surface area contributed by atoms with Gasteiger partial charge in [0.05, 0.1) is 24.4 Å². The number of aliphatic hydroxyl groups excluding tert-OH is 1. The van der Waals surface area contributed by atoms with Crippen LogP contribution in [0.15, 0.2) is 127 Å². The van der Waals surface area contributed by atoms with Crippen LogP contribution in [0.3, 0.4) is 0 Å². The number of amides is 2. The standard InChI is InChI=1S/C45H48ClN3O5/c1-31-41(29-49-24-22-45(52,23-25-49)39-18-20-40(46)21-19-39)53-43(54-42(31)36-12-10-33(30-50)11-13-36)37-16-14-35(15-17-37)38-9-5-8-34(26-38)28-48-44(51)47-27-32-6-3-2-4-7-32/h2-21,26,31,41-43,50,52H,22-25,27-30H2,1H3,(H2,47,48,51)/t31-,41+,42+,43+/m0/s1. The summed E-state index contributed by atoms with van der Waals surface area (Å²) in [4.78, 5) is 14.8. The second kappa shape index (κ2) is 17.3. The predicted molar refractivity (Wildman–Crippen MR) is 211 cm³/mol. The monoisotopic (exact) mass is 745 g/mol. The minimum absolute atomic E-state index is 0.0110. The number of likely N-dealkylation sites (tertiary alicyclic amines) is 1. The second-order valence-corrected chi connectivity index (χ2v) is 14.9. The molecule has 8 nitrogen and oxygen atoms in total. The van der Waals surface area contributed by atoms with Gasteiger partial charge in [-0.05, 0) is 70.0 Å². The number of urea groups is 1. The molecular weight excluding hydrogens is 698 g/mol. The number of halogens is 1. The number of benzene rings is 5. The molecule has 0 aromatic heterocycles. The number of hydrogen-bond donors (Lipinski definition) is 4. The lowest BCUT2D eigenvalue weighted by molar-refractivity contribution is -0.277. The van der Waals surface area contributed by atoms with Gasteiger partial charge in [0.2, 0.25) is 0 Å². The highest BCUT2D eigenvalue weighted by Gasteiger charge is 2.41. The average molecular weight is 746 g/mol. The van der Waals surface area contributed by atoms with Gasteiger partial charge in [0.15, 0.2) is 6.29 Å². The summed E-state index contributed by atoms with van der Waals surface area (Å²) < 4.78 is 13.5. The molecule has 2 fully saturated rings. The van der Waals surface area contributed by atoms with Crippen LogP contribution in [0.5, 0.6) is 0 Å². The normalized spacial score (nSPS) is 21.3. The fourth-order valence-electron chi connectivity index (χ4n) is 7.45. The van der Waals surface area contributed by atoms with Gasteiger partial charge in [-0.1, -0.05) is 128 Å². The quantitative estimate of drug-likeness (QED) is 0.109. The van der Waals surface area contributed by atoms with Crippen molar-refractivity contribution in [2.24, 2.45) is 5.92 Å². The van der Waals surface area contributed by atoms with Gasteiger partial charge >= 0.3 is 6.03 Å². The first-order valence-corrected chi connectivity index (χ1v) is 19.1. The van der Waals surface area contributed by atoms with Crippen molar-refractivity contribution in [1.82, 2.24) is 15.5 Å². The molecule has 280 valence electrons. The number of aliphatic hydroxyl groups is 2. The zero-order valence-electron chi connectivity index (χ0n) is 30.5. The van der Waals surface area contributed by atoms with E-state index in [0.29, 0.717) is 37.5 Å². The summed E-state index contributed by atoms with van der Waals surface area (Å²) in [5.41, 5.74) is 7.00. The minimum Gasteiger partial charge on any atom is -0.392 e. The maximum atomic E-state index is 12.4. The Kier molecular flexibility index (Phi) is 12.1. The van der Waals surface area contributed by atoms with Gasteiger partial charge in [-0.25, -0.2) is 4.79 Å². The lowest BCUT2D eigenvalue weighted by Gasteiger charge is -2.45. The smallest absolute Gasteiger partial charge is 0.315 e. The number of carbonyl (C=O) groups excluding carboxylic acids is 1. The van der Waals surface area contributed by atoms with Crippen LogP contribution >= 0.6 is 11.6 Å². The van der Waals surface area contributed by atoms with Gasteiger partial charge in [-0.15, -0.1) is 0 Å². The van der Waals surface area contributed by atoms with Gasteiger partial charge in [0.1, 0.15) is 0 Å². The van der Waals surface area contributed by atoms with E-state index in [-0.39, 0.29) is 30.8 Å². The van der Waals surface area contributed by atoms with Gasteiger partial charge in [-0.3, -0.25) is 0 Å². The highest BCUT2D eigenvalue weighted by molar-refractivity contribution is 6.30. The van der Waals surface area contributed by atoms with E-state index in [0.717, 1.165) is 57.6 Å². The van der Waals surface area contributed by atoms with Crippen molar-refractivity contribution in [1.29, 1.82) is 0 Å². The van der Waals surface area contributed by atoms with Crippen molar-refractivity contribution >= 4 is 17.6 Å². The van der Waals surface area contributed by atoms with Crippen molar-refractivity contribution in [2.45, 2.75) is 63.6 Å². The van der Waals surface area contributed by atoms with Crippen LogP contribution < -0.4 is 10.6 Å². The zero-order valence-corrected chi connectivity index (χ0v) is 31.3. The molecule has 2 aliphatic heterocycles. The fraction of sp³-hybridized carbons (Fsp3) is 0.311. The molecule has 2 saturated heterocycles. The summed E-state index contributed by atoms with van der Waals surface area (Å²) in [6.45, 7) is 5.25. The maximum Gasteiger partial charge on any atom is 0.315 e. The Hall–Kier alpha value is -4.54. The Bertz CT molecular complexity index is 1970. The van der Waals surface area contributed by atoms with Gasteiger partial charge in [0.25, 0.3) is 0 Å². The lowest BCUT2D eigenvalue weighted by Crippen LogP contribution is -2.49. The third kappa shape index (κ3) is 9.21. The summed E-state index contributed by atoms with van der Waals surface area (Å²) in [7, 11) is 0. The van der Waals surface area contributed by atoms with E-state index in [1.807, 2.05) is 91.0 Å². The molecule has 54 heavy (non-hydrogen) atoms. The maximum absolute atomic E-state index is 12.4. The largest absolute Gasteiger partial charge is 0.392 e. The summed E-state index contributed by atoms with van der Waals surface area (Å²) >= 11 is 6.11. The van der Waals surface area contributed by atoms with Crippen LogP contribution in [-0.2, 0) is 34.8 Å². The van der Waals surface area contributed by atoms with E-state index >= 15 is 0 Å². The van der Waals surface area contributed by atoms with Crippen molar-refractivity contribution in [3.05, 3.63) is 166 Å². The van der Waals surface area contributed by atoms with E-state index in [4.69, 9.17) is 21.1 Å². The van der Waals surface area contributed by atoms with Crippen LogP contribution in [0.1, 0.15) is 65.5 Å². The SMILES string of the molecule is C[C@H]1[C@@H](CN2CCC(O)(c3ccc(Cl)cc3)CC2)O[C@@H](c2ccc(-c3cccc(CNC(=O)NCc4ccccc4)c3)cc2)O[C@H]1c1ccc(CO)cc1. The van der Waals surface area contributed by atoms with Crippen LogP contribution in [0, 0.1) is 5.92 Å². The molecule has 0 bridgehead atoms. The Balaban J connectivity index is 1.02. The molecule has 4 N–H and O–H groups in total. The highest BCUT2D eigenvalue weighted by atomic mass is 35.5. The van der Waals surface area contributed by atoms with Crippen molar-refractivity contribution in [3.8, 4) is 11.1 Å². The van der Waals surface area contributed by atoms with Crippen molar-refractivity contribution in [3.63, 3.8) is 0 Å². The Morgan fingerprint density at radius 3 is 2.09 bits per heavy atom. The Morgan fingerprint density at radius 2 is 1.41 bits per heavy atom. The number of nitrogens with zero attached hydrogens (tertiary/aromatic N) is 1. The Labute approximate surface area is 322 Å². The number of ether oxygens (including phenoxy) is 2. The number of carbonyl (C=O) groups is 1. The Morgan fingerprint density at radius 1 is 0.759 bits per heavy atom. The van der Waals surface area contributed by atoms with Crippen LogP contribution in [-0.4, -0.2) is 46.9 Å². The molecule has 0 saturated carbocycles. The fourth-order valence-corrected chi connectivity index (χ4v) is 7.58. The van der Waals surface area contributed by atoms with Crippen molar-refractivity contribution < 1.29 is 24.5 Å². The van der Waals surface area contributed by atoms with E-state index in [1.54, 1.807) is 0 Å². The van der Waals surface area contributed by atoms with Gasteiger partial charge in [-0.2, -0.15) is 0 Å². The first-order chi connectivity index (χ1) is 26.3. The van der Waals surface area contributed by atoms with E-state index in [2.05, 4.69) is 58.9 Å². The molecule has 9 heteroatoms. The third-order valence-electron chi connectivity index (χ3n) is 10.8. The van der Waals surface area contributed by atoms with Gasteiger partial charge < -0.3 is 35.2 Å². The lowest BCUT2D eigenvalue weighted by atomic mass is 9.84. The molecule has 2 amide bonds. The summed E-state index contributed by atoms with van der Waals surface area (Å²) in [5, 5.41) is 27.7. The molecule has 5 aromatic carbocycles. The first-order valence-electron chi connectivity index (χ1n) is 18.7. The minimum atomic E-state index is -0.877. The third-order valence-corrected chi connectivity index (χ3v) is 11.1. The van der Waals surface area contributed by atoms with E-state index in [9.17, 15) is 15.0 Å². The summed E-state index contributed by atoms with van der Waals surface area (Å²) in [5.74, 6) is 0.0503. The number of nitrogens with one attached hydrogen (secondary N) is 2. The molecule has 7 rings (SSSR count). The molecule has 4 atom stereocenters. The molecule has 0 unspecified atom stereocenters. The molecule has 0 aliphatic carbocycles.